The highest BCUT2D eigenvalue weighted by Gasteiger charge is 2.29. The maximum atomic E-state index is 12.6. The Morgan fingerprint density at radius 2 is 2.21 bits per heavy atom. The van der Waals surface area contributed by atoms with Crippen molar-refractivity contribution < 1.29 is 9.53 Å². The summed E-state index contributed by atoms with van der Waals surface area (Å²) in [6.07, 6.45) is -0.0812. The molecule has 2 aromatic heterocycles. The number of morpholine rings is 1. The predicted molar refractivity (Wildman–Crippen MR) is 96.8 cm³/mol. The molecule has 1 saturated heterocycles. The van der Waals surface area contributed by atoms with Crippen molar-refractivity contribution in [3.63, 3.8) is 0 Å². The van der Waals surface area contributed by atoms with E-state index in [9.17, 15) is 4.79 Å². The number of carbonyl (C=O) groups is 1. The molecule has 24 heavy (non-hydrogen) atoms. The van der Waals surface area contributed by atoms with Crippen LogP contribution in [0.4, 0.5) is 16.4 Å². The van der Waals surface area contributed by atoms with E-state index in [2.05, 4.69) is 15.7 Å². The summed E-state index contributed by atoms with van der Waals surface area (Å²) in [6.45, 7) is 3.10. The summed E-state index contributed by atoms with van der Waals surface area (Å²) in [5.41, 5.74) is 1.12. The van der Waals surface area contributed by atoms with Gasteiger partial charge in [0.15, 0.2) is 0 Å². The fourth-order valence-corrected chi connectivity index (χ4v) is 3.39. The van der Waals surface area contributed by atoms with Gasteiger partial charge in [-0.1, -0.05) is 6.07 Å². The van der Waals surface area contributed by atoms with Crippen molar-refractivity contribution in [3.05, 3.63) is 40.6 Å². The highest BCUT2D eigenvalue weighted by Crippen LogP contribution is 2.27. The third-order valence-corrected chi connectivity index (χ3v) is 4.59. The third-order valence-electron chi connectivity index (χ3n) is 3.89. The van der Waals surface area contributed by atoms with Crippen LogP contribution in [0.1, 0.15) is 18.6 Å². The molecule has 6 nitrogen and oxygen atoms in total. The Balaban J connectivity index is 1.69. The summed E-state index contributed by atoms with van der Waals surface area (Å²) in [6, 6.07) is 7.48. The molecule has 3 heterocycles. The number of ether oxygens (including phenoxy) is 1. The highest BCUT2D eigenvalue weighted by molar-refractivity contribution is 7.07. The number of thiophene rings is 1. The fourth-order valence-electron chi connectivity index (χ4n) is 2.69. The van der Waals surface area contributed by atoms with Gasteiger partial charge in [-0.15, -0.1) is 0 Å². The average molecular weight is 346 g/mol. The Hall–Kier alpha value is -2.12. The number of hydrogen-bond donors (Lipinski definition) is 1. The van der Waals surface area contributed by atoms with Crippen LogP contribution >= 0.6 is 11.3 Å². The first-order chi connectivity index (χ1) is 11.5. The second-order valence-electron chi connectivity index (χ2n) is 6.10. The van der Waals surface area contributed by atoms with Gasteiger partial charge < -0.3 is 14.5 Å². The molecule has 2 amide bonds. The molecule has 128 valence electrons. The molecule has 2 aromatic rings. The number of nitrogens with one attached hydrogen (secondary N) is 1. The van der Waals surface area contributed by atoms with Gasteiger partial charge >= 0.3 is 6.03 Å². The molecule has 1 aliphatic heterocycles. The van der Waals surface area contributed by atoms with Crippen LogP contribution in [0.15, 0.2) is 35.0 Å². The SMILES string of the molecule is C[C@H]1CN(C(=O)Nc2cccc(N(C)C)n2)C[C@H](c2ccsc2)O1. The van der Waals surface area contributed by atoms with E-state index in [1.54, 1.807) is 22.3 Å². The van der Waals surface area contributed by atoms with E-state index in [0.717, 1.165) is 11.4 Å². The van der Waals surface area contributed by atoms with Crippen molar-refractivity contribution in [1.82, 2.24) is 9.88 Å². The molecule has 7 heteroatoms. The van der Waals surface area contributed by atoms with E-state index in [1.165, 1.54) is 0 Å². The number of nitrogens with zero attached hydrogens (tertiary/aromatic N) is 3. The number of urea groups is 1. The third kappa shape index (κ3) is 3.85. The van der Waals surface area contributed by atoms with Crippen molar-refractivity contribution in [3.8, 4) is 0 Å². The first-order valence-electron chi connectivity index (χ1n) is 7.91. The normalized spacial score (nSPS) is 20.7. The molecule has 2 atom stereocenters. The van der Waals surface area contributed by atoms with Gasteiger partial charge in [0.1, 0.15) is 17.7 Å². The van der Waals surface area contributed by atoms with Crippen molar-refractivity contribution in [2.24, 2.45) is 0 Å². The van der Waals surface area contributed by atoms with Crippen LogP contribution in [-0.2, 0) is 4.74 Å². The highest BCUT2D eigenvalue weighted by atomic mass is 32.1. The summed E-state index contributed by atoms with van der Waals surface area (Å²) in [4.78, 5) is 20.7. The van der Waals surface area contributed by atoms with E-state index < -0.39 is 0 Å². The molecule has 0 bridgehead atoms. The van der Waals surface area contributed by atoms with E-state index in [-0.39, 0.29) is 18.2 Å². The summed E-state index contributed by atoms with van der Waals surface area (Å²) >= 11 is 1.64. The number of pyridine rings is 1. The van der Waals surface area contributed by atoms with E-state index in [4.69, 9.17) is 4.74 Å². The first kappa shape index (κ1) is 16.7. The maximum absolute atomic E-state index is 12.6. The molecule has 0 aromatic carbocycles. The minimum absolute atomic E-state index is 0.00420. The quantitative estimate of drug-likeness (QED) is 0.927. The standard InChI is InChI=1S/C17H22N4O2S/c1-12-9-21(10-14(23-12)13-7-8-24-11-13)17(22)19-15-5-4-6-16(18-15)20(2)3/h4-8,11-12,14H,9-10H2,1-3H3,(H,18,19,22)/t12-,14+/m0/s1. The average Bonchev–Trinajstić information content (AvgIpc) is 3.09. The minimum atomic E-state index is -0.145. The molecule has 0 aliphatic carbocycles. The second-order valence-corrected chi connectivity index (χ2v) is 6.88. The van der Waals surface area contributed by atoms with Gasteiger partial charge in [0, 0.05) is 20.6 Å². The van der Waals surface area contributed by atoms with E-state index >= 15 is 0 Å². The monoisotopic (exact) mass is 346 g/mol. The van der Waals surface area contributed by atoms with Gasteiger partial charge in [-0.25, -0.2) is 9.78 Å². The van der Waals surface area contributed by atoms with Gasteiger partial charge in [-0.2, -0.15) is 11.3 Å². The number of rotatable bonds is 3. The van der Waals surface area contributed by atoms with Gasteiger partial charge in [0.25, 0.3) is 0 Å². The smallest absolute Gasteiger partial charge is 0.323 e. The zero-order valence-corrected chi connectivity index (χ0v) is 14.9. The van der Waals surface area contributed by atoms with Gasteiger partial charge in [0.2, 0.25) is 0 Å². The first-order valence-corrected chi connectivity index (χ1v) is 8.85. The summed E-state index contributed by atoms with van der Waals surface area (Å²) in [5.74, 6) is 1.36. The molecule has 1 N–H and O–H groups in total. The zero-order valence-electron chi connectivity index (χ0n) is 14.1. The van der Waals surface area contributed by atoms with Gasteiger partial charge in [-0.05, 0) is 41.4 Å². The number of anilines is 2. The minimum Gasteiger partial charge on any atom is -0.367 e. The van der Waals surface area contributed by atoms with Crippen LogP contribution in [0.2, 0.25) is 0 Å². The molecule has 0 spiro atoms. The van der Waals surface area contributed by atoms with E-state index in [0.29, 0.717) is 18.9 Å². The fraction of sp³-hybridized carbons (Fsp3) is 0.412. The van der Waals surface area contributed by atoms with Crippen LogP contribution in [0, 0.1) is 0 Å². The Bertz CT molecular complexity index is 690. The lowest BCUT2D eigenvalue weighted by Crippen LogP contribution is -2.47. The second kappa shape index (κ2) is 7.19. The largest absolute Gasteiger partial charge is 0.367 e. The lowest BCUT2D eigenvalue weighted by molar-refractivity contribution is -0.0640. The van der Waals surface area contributed by atoms with Crippen molar-refractivity contribution >= 4 is 29.0 Å². The van der Waals surface area contributed by atoms with E-state index in [1.807, 2.05) is 49.5 Å². The van der Waals surface area contributed by atoms with Crippen LogP contribution < -0.4 is 10.2 Å². The van der Waals surface area contributed by atoms with Crippen molar-refractivity contribution in [2.45, 2.75) is 19.1 Å². The molecular formula is C17H22N4O2S. The molecule has 0 unspecified atom stereocenters. The Morgan fingerprint density at radius 1 is 1.38 bits per heavy atom. The Morgan fingerprint density at radius 3 is 2.92 bits per heavy atom. The molecular weight excluding hydrogens is 324 g/mol. The summed E-state index contributed by atoms with van der Waals surface area (Å²) < 4.78 is 5.97. The lowest BCUT2D eigenvalue weighted by atomic mass is 10.1. The van der Waals surface area contributed by atoms with Crippen LogP contribution in [0.3, 0.4) is 0 Å². The molecule has 0 saturated carbocycles. The van der Waals surface area contributed by atoms with Gasteiger partial charge in [0.05, 0.1) is 12.6 Å². The van der Waals surface area contributed by atoms with Crippen molar-refractivity contribution in [2.75, 3.05) is 37.4 Å². The van der Waals surface area contributed by atoms with Crippen LogP contribution in [-0.4, -0.2) is 49.2 Å². The summed E-state index contributed by atoms with van der Waals surface area (Å²) in [5, 5.41) is 6.99. The molecule has 1 fully saturated rings. The molecule has 1 aliphatic rings. The maximum Gasteiger partial charge on any atom is 0.323 e. The van der Waals surface area contributed by atoms with Crippen molar-refractivity contribution in [1.29, 1.82) is 0 Å². The Kier molecular flexibility index (Phi) is 5.01. The molecule has 3 rings (SSSR count). The van der Waals surface area contributed by atoms with Crippen LogP contribution in [0.25, 0.3) is 0 Å². The predicted octanol–water partition coefficient (Wildman–Crippen LogP) is 3.20. The molecule has 0 radical (unpaired) electrons. The number of carbonyl (C=O) groups excluding carboxylic acids is 1. The lowest BCUT2D eigenvalue weighted by Gasteiger charge is -2.36. The number of amides is 2. The summed E-state index contributed by atoms with van der Waals surface area (Å²) in [7, 11) is 3.84. The topological polar surface area (TPSA) is 57.7 Å². The number of hydrogen-bond acceptors (Lipinski definition) is 5. The number of aromatic nitrogens is 1. The Labute approximate surface area is 146 Å². The van der Waals surface area contributed by atoms with Crippen LogP contribution in [0.5, 0.6) is 0 Å². The zero-order chi connectivity index (χ0) is 17.1. The van der Waals surface area contributed by atoms with Gasteiger partial charge in [-0.3, -0.25) is 5.32 Å².